The number of anilines is 1. The van der Waals surface area contributed by atoms with E-state index in [0.29, 0.717) is 12.2 Å². The first-order valence-electron chi connectivity index (χ1n) is 10.3. The molecule has 3 atom stereocenters. The first-order chi connectivity index (χ1) is 13.7. The molecule has 1 aromatic carbocycles. The Hall–Kier alpha value is -2.41. The maximum absolute atomic E-state index is 12.5. The van der Waals surface area contributed by atoms with E-state index in [0.717, 1.165) is 12.0 Å². The molecular formula is C22H35N3O4. The smallest absolute Gasteiger partial charge is 0.308 e. The van der Waals surface area contributed by atoms with Crippen LogP contribution < -0.4 is 16.0 Å². The van der Waals surface area contributed by atoms with E-state index in [1.807, 2.05) is 20.8 Å². The predicted octanol–water partition coefficient (Wildman–Crippen LogP) is 2.85. The maximum atomic E-state index is 12.5. The van der Waals surface area contributed by atoms with Crippen molar-refractivity contribution in [1.29, 1.82) is 0 Å². The summed E-state index contributed by atoms with van der Waals surface area (Å²) in [7, 11) is 0. The Bertz CT molecular complexity index is 673. The van der Waals surface area contributed by atoms with Gasteiger partial charge in [0.1, 0.15) is 12.6 Å². The summed E-state index contributed by atoms with van der Waals surface area (Å²) in [5, 5.41) is 8.75. The minimum Gasteiger partial charge on any atom is -0.461 e. The third kappa shape index (κ3) is 8.23. The standard InChI is InChI=1S/C22H35N3O4/c1-7-15(5)19(23-8-2)21(27)24-16(6)20(26)25-18-11-9-17(10-12-18)13-29-22(28)14(3)4/h9-12,14-16,19,23H,7-8,13H2,1-6H3,(H,24,27)(H,25,26)/t15?,16-,19-/m0/s1. The minimum absolute atomic E-state index is 0.169. The normalized spacial score (nSPS) is 14.0. The van der Waals surface area contributed by atoms with Crippen molar-refractivity contribution in [2.75, 3.05) is 11.9 Å². The lowest BCUT2D eigenvalue weighted by Crippen LogP contribution is -2.52. The highest BCUT2D eigenvalue weighted by atomic mass is 16.5. The third-order valence-electron chi connectivity index (χ3n) is 4.75. The van der Waals surface area contributed by atoms with Crippen LogP contribution in [0.3, 0.4) is 0 Å². The molecule has 29 heavy (non-hydrogen) atoms. The van der Waals surface area contributed by atoms with Gasteiger partial charge < -0.3 is 20.7 Å². The van der Waals surface area contributed by atoms with E-state index in [4.69, 9.17) is 4.74 Å². The van der Waals surface area contributed by atoms with Gasteiger partial charge in [0.05, 0.1) is 12.0 Å². The molecule has 0 bridgehead atoms. The van der Waals surface area contributed by atoms with Crippen molar-refractivity contribution in [3.05, 3.63) is 29.8 Å². The second-order valence-corrected chi connectivity index (χ2v) is 7.60. The van der Waals surface area contributed by atoms with Gasteiger partial charge in [0, 0.05) is 5.69 Å². The topological polar surface area (TPSA) is 96.5 Å². The molecule has 0 aliphatic rings. The molecule has 0 aliphatic heterocycles. The Balaban J connectivity index is 2.59. The van der Waals surface area contributed by atoms with E-state index in [2.05, 4.69) is 16.0 Å². The molecule has 0 fully saturated rings. The summed E-state index contributed by atoms with van der Waals surface area (Å²) in [5.74, 6) is -0.719. The fourth-order valence-corrected chi connectivity index (χ4v) is 2.63. The summed E-state index contributed by atoms with van der Waals surface area (Å²) in [4.78, 5) is 36.5. The Labute approximate surface area is 174 Å². The van der Waals surface area contributed by atoms with Gasteiger partial charge in [-0.3, -0.25) is 14.4 Å². The van der Waals surface area contributed by atoms with Crippen molar-refractivity contribution in [1.82, 2.24) is 10.6 Å². The Morgan fingerprint density at radius 1 is 0.966 bits per heavy atom. The van der Waals surface area contributed by atoms with Crippen LogP contribution in [0.15, 0.2) is 24.3 Å². The van der Waals surface area contributed by atoms with Gasteiger partial charge in [-0.25, -0.2) is 0 Å². The molecule has 7 heteroatoms. The molecule has 2 amide bonds. The molecule has 1 rings (SSSR count). The molecule has 1 aromatic rings. The summed E-state index contributed by atoms with van der Waals surface area (Å²) < 4.78 is 5.18. The number of hydrogen-bond donors (Lipinski definition) is 3. The molecule has 0 saturated heterocycles. The Kier molecular flexibility index (Phi) is 10.4. The second kappa shape index (κ2) is 12.2. The van der Waals surface area contributed by atoms with E-state index in [9.17, 15) is 14.4 Å². The predicted molar refractivity (Wildman–Crippen MR) is 114 cm³/mol. The van der Waals surface area contributed by atoms with Crippen molar-refractivity contribution in [2.45, 2.75) is 66.7 Å². The molecule has 0 spiro atoms. The molecule has 0 saturated carbocycles. The zero-order chi connectivity index (χ0) is 22.0. The van der Waals surface area contributed by atoms with E-state index in [-0.39, 0.29) is 42.3 Å². The lowest BCUT2D eigenvalue weighted by atomic mass is 9.98. The summed E-state index contributed by atoms with van der Waals surface area (Å²) in [5.41, 5.74) is 1.44. The van der Waals surface area contributed by atoms with Gasteiger partial charge in [-0.05, 0) is 37.1 Å². The van der Waals surface area contributed by atoms with Crippen molar-refractivity contribution < 1.29 is 19.1 Å². The molecule has 162 valence electrons. The summed E-state index contributed by atoms with van der Waals surface area (Å²) in [6.07, 6.45) is 0.866. The number of esters is 1. The Morgan fingerprint density at radius 3 is 2.10 bits per heavy atom. The van der Waals surface area contributed by atoms with E-state index in [1.165, 1.54) is 0 Å². The van der Waals surface area contributed by atoms with Crippen LogP contribution in [-0.4, -0.2) is 36.4 Å². The van der Waals surface area contributed by atoms with Gasteiger partial charge in [-0.1, -0.05) is 53.2 Å². The number of amides is 2. The number of benzene rings is 1. The number of nitrogens with one attached hydrogen (secondary N) is 3. The summed E-state index contributed by atoms with van der Waals surface area (Å²) >= 11 is 0. The van der Waals surface area contributed by atoms with E-state index >= 15 is 0 Å². The summed E-state index contributed by atoms with van der Waals surface area (Å²) in [6, 6.07) is 6.07. The first-order valence-corrected chi connectivity index (χ1v) is 10.3. The highest BCUT2D eigenvalue weighted by Crippen LogP contribution is 2.12. The van der Waals surface area contributed by atoms with Crippen LogP contribution >= 0.6 is 0 Å². The summed E-state index contributed by atoms with van der Waals surface area (Å²) in [6.45, 7) is 12.1. The molecular weight excluding hydrogens is 370 g/mol. The molecule has 0 radical (unpaired) electrons. The zero-order valence-electron chi connectivity index (χ0n) is 18.4. The van der Waals surface area contributed by atoms with E-state index in [1.54, 1.807) is 45.0 Å². The molecule has 3 N–H and O–H groups in total. The third-order valence-corrected chi connectivity index (χ3v) is 4.75. The van der Waals surface area contributed by atoms with Crippen LogP contribution in [-0.2, 0) is 25.7 Å². The molecule has 1 unspecified atom stereocenters. The fourth-order valence-electron chi connectivity index (χ4n) is 2.63. The number of carbonyl (C=O) groups excluding carboxylic acids is 3. The zero-order valence-corrected chi connectivity index (χ0v) is 18.4. The lowest BCUT2D eigenvalue weighted by molar-refractivity contribution is -0.148. The monoisotopic (exact) mass is 405 g/mol. The SMILES string of the molecule is CCN[C@H](C(=O)N[C@@H](C)C(=O)Nc1ccc(COC(=O)C(C)C)cc1)C(C)CC. The van der Waals surface area contributed by atoms with Crippen LogP contribution in [0.25, 0.3) is 0 Å². The number of ether oxygens (including phenoxy) is 1. The van der Waals surface area contributed by atoms with Crippen LogP contribution in [0, 0.1) is 11.8 Å². The average molecular weight is 406 g/mol. The van der Waals surface area contributed by atoms with Gasteiger partial charge >= 0.3 is 5.97 Å². The number of rotatable bonds is 11. The van der Waals surface area contributed by atoms with Gasteiger partial charge in [0.15, 0.2) is 0 Å². The van der Waals surface area contributed by atoms with Gasteiger partial charge in [-0.2, -0.15) is 0 Å². The van der Waals surface area contributed by atoms with Crippen molar-refractivity contribution in [3.63, 3.8) is 0 Å². The minimum atomic E-state index is -0.667. The lowest BCUT2D eigenvalue weighted by Gasteiger charge is -2.24. The van der Waals surface area contributed by atoms with Gasteiger partial charge in [0.25, 0.3) is 0 Å². The van der Waals surface area contributed by atoms with Crippen molar-refractivity contribution in [3.8, 4) is 0 Å². The number of likely N-dealkylation sites (N-methyl/N-ethyl adjacent to an activating group) is 1. The second-order valence-electron chi connectivity index (χ2n) is 7.60. The molecule has 7 nitrogen and oxygen atoms in total. The van der Waals surface area contributed by atoms with Gasteiger partial charge in [-0.15, -0.1) is 0 Å². The van der Waals surface area contributed by atoms with Gasteiger partial charge in [0.2, 0.25) is 11.8 Å². The molecule has 0 aromatic heterocycles. The average Bonchev–Trinajstić information content (AvgIpc) is 2.70. The number of hydrogen-bond acceptors (Lipinski definition) is 5. The quantitative estimate of drug-likeness (QED) is 0.492. The molecule has 0 aliphatic carbocycles. The first kappa shape index (κ1) is 24.6. The van der Waals surface area contributed by atoms with Crippen LogP contribution in [0.5, 0.6) is 0 Å². The van der Waals surface area contributed by atoms with Crippen LogP contribution in [0.4, 0.5) is 5.69 Å². The van der Waals surface area contributed by atoms with Crippen LogP contribution in [0.1, 0.15) is 53.5 Å². The van der Waals surface area contributed by atoms with Crippen molar-refractivity contribution >= 4 is 23.5 Å². The number of carbonyl (C=O) groups is 3. The van der Waals surface area contributed by atoms with Crippen molar-refractivity contribution in [2.24, 2.45) is 11.8 Å². The largest absolute Gasteiger partial charge is 0.461 e. The highest BCUT2D eigenvalue weighted by Gasteiger charge is 2.25. The highest BCUT2D eigenvalue weighted by molar-refractivity contribution is 5.97. The fraction of sp³-hybridized carbons (Fsp3) is 0.591. The Morgan fingerprint density at radius 2 is 1.59 bits per heavy atom. The molecule has 0 heterocycles. The maximum Gasteiger partial charge on any atom is 0.308 e. The van der Waals surface area contributed by atoms with Crippen LogP contribution in [0.2, 0.25) is 0 Å². The van der Waals surface area contributed by atoms with E-state index < -0.39 is 6.04 Å².